The minimum absolute atomic E-state index is 0.118. The van der Waals surface area contributed by atoms with E-state index >= 15 is 0 Å². The van der Waals surface area contributed by atoms with Crippen molar-refractivity contribution in [2.24, 2.45) is 5.92 Å². The van der Waals surface area contributed by atoms with Crippen LogP contribution in [0, 0.1) is 12.8 Å². The number of carbonyl (C=O) groups excluding carboxylic acids is 1. The topological polar surface area (TPSA) is 23.6 Å². The Hall–Kier alpha value is -2.13. The van der Waals surface area contributed by atoms with Gasteiger partial charge in [-0.25, -0.2) is 0 Å². The van der Waals surface area contributed by atoms with Gasteiger partial charge in [-0.1, -0.05) is 48.0 Å². The second-order valence-electron chi connectivity index (χ2n) is 7.48. The molecule has 1 fully saturated rings. The number of rotatable bonds is 6. The maximum atomic E-state index is 12.1. The maximum Gasteiger partial charge on any atom is 0.223 e. The third-order valence-corrected chi connectivity index (χ3v) is 5.44. The van der Waals surface area contributed by atoms with Crippen molar-refractivity contribution in [1.82, 2.24) is 4.90 Å². The monoisotopic (exact) mass is 350 g/mol. The lowest BCUT2D eigenvalue weighted by molar-refractivity contribution is -0.116. The van der Waals surface area contributed by atoms with E-state index in [9.17, 15) is 4.79 Å². The lowest BCUT2D eigenvalue weighted by atomic mass is 9.90. The minimum atomic E-state index is 0.118. The van der Waals surface area contributed by atoms with E-state index in [1.54, 1.807) is 6.92 Å². The number of aryl methyl sites for hydroxylation is 1. The molecule has 0 unspecified atom stereocenters. The predicted octanol–water partition coefficient (Wildman–Crippen LogP) is 4.30. The van der Waals surface area contributed by atoms with Crippen LogP contribution in [0.4, 0.5) is 5.69 Å². The van der Waals surface area contributed by atoms with Crippen LogP contribution in [0.1, 0.15) is 30.9 Å². The molecule has 0 N–H and O–H groups in total. The number of carbonyl (C=O) groups is 1. The summed E-state index contributed by atoms with van der Waals surface area (Å²) in [6.45, 7) is 7.72. The predicted molar refractivity (Wildman–Crippen MR) is 109 cm³/mol. The van der Waals surface area contributed by atoms with Crippen LogP contribution in [0.25, 0.3) is 0 Å². The van der Waals surface area contributed by atoms with Crippen molar-refractivity contribution >= 4 is 11.6 Å². The first-order valence-corrected chi connectivity index (χ1v) is 9.73. The number of nitrogens with zero attached hydrogens (tertiary/aromatic N) is 2. The molecule has 0 spiro atoms. The first kappa shape index (κ1) is 18.7. The van der Waals surface area contributed by atoms with Gasteiger partial charge in [-0.3, -0.25) is 4.79 Å². The quantitative estimate of drug-likeness (QED) is 0.775. The molecular weight excluding hydrogens is 320 g/mol. The zero-order chi connectivity index (χ0) is 18.4. The van der Waals surface area contributed by atoms with Gasteiger partial charge in [0.1, 0.15) is 0 Å². The van der Waals surface area contributed by atoms with Crippen molar-refractivity contribution in [1.29, 1.82) is 0 Å². The van der Waals surface area contributed by atoms with Crippen LogP contribution in [0.2, 0.25) is 0 Å². The van der Waals surface area contributed by atoms with E-state index in [4.69, 9.17) is 0 Å². The summed E-state index contributed by atoms with van der Waals surface area (Å²) in [5, 5.41) is 0. The van der Waals surface area contributed by atoms with Crippen LogP contribution in [-0.2, 0) is 11.2 Å². The van der Waals surface area contributed by atoms with Crippen molar-refractivity contribution in [2.75, 3.05) is 31.1 Å². The first-order chi connectivity index (χ1) is 12.6. The molecule has 1 heterocycles. The summed E-state index contributed by atoms with van der Waals surface area (Å²) in [5.41, 5.74) is 3.67. The fourth-order valence-electron chi connectivity index (χ4n) is 3.80. The minimum Gasteiger partial charge on any atom is -0.311 e. The normalized spacial score (nSPS) is 15.8. The molecule has 1 aliphatic rings. The third-order valence-electron chi connectivity index (χ3n) is 5.44. The molecule has 138 valence electrons. The molecule has 0 aliphatic carbocycles. The van der Waals surface area contributed by atoms with Gasteiger partial charge in [0.05, 0.1) is 0 Å². The molecule has 2 aromatic carbocycles. The molecule has 3 nitrogen and oxygen atoms in total. The Morgan fingerprint density at radius 2 is 1.69 bits per heavy atom. The second-order valence-corrected chi connectivity index (χ2v) is 7.48. The van der Waals surface area contributed by atoms with E-state index < -0.39 is 0 Å². The molecule has 0 aromatic heterocycles. The Balaban J connectivity index is 1.47. The highest BCUT2D eigenvalue weighted by atomic mass is 16.2. The number of likely N-dealkylation sites (tertiary alicyclic amines) is 1. The average Bonchev–Trinajstić information content (AvgIpc) is 2.65. The SMILES string of the molecule is CC(=O)N(CCN1CCC(Cc2ccccc2)CC1)c1ccc(C)cc1. The maximum absolute atomic E-state index is 12.1. The van der Waals surface area contributed by atoms with Gasteiger partial charge in [0.15, 0.2) is 0 Å². The Bertz CT molecular complexity index is 688. The van der Waals surface area contributed by atoms with Crippen LogP contribution in [0.15, 0.2) is 54.6 Å². The highest BCUT2D eigenvalue weighted by Crippen LogP contribution is 2.22. The summed E-state index contributed by atoms with van der Waals surface area (Å²) in [6, 6.07) is 19.0. The molecule has 0 bridgehead atoms. The van der Waals surface area contributed by atoms with Crippen LogP contribution in [-0.4, -0.2) is 37.0 Å². The van der Waals surface area contributed by atoms with Crippen molar-refractivity contribution in [3.8, 4) is 0 Å². The first-order valence-electron chi connectivity index (χ1n) is 9.73. The number of benzene rings is 2. The molecule has 0 atom stereocenters. The molecule has 26 heavy (non-hydrogen) atoms. The lowest BCUT2D eigenvalue weighted by Gasteiger charge is -2.33. The average molecular weight is 351 g/mol. The van der Waals surface area contributed by atoms with Crippen molar-refractivity contribution in [3.05, 3.63) is 65.7 Å². The van der Waals surface area contributed by atoms with Gasteiger partial charge in [0, 0.05) is 25.7 Å². The lowest BCUT2D eigenvalue weighted by Crippen LogP contribution is -2.41. The highest BCUT2D eigenvalue weighted by molar-refractivity contribution is 5.91. The van der Waals surface area contributed by atoms with Gasteiger partial charge in [-0.05, 0) is 62.9 Å². The summed E-state index contributed by atoms with van der Waals surface area (Å²) < 4.78 is 0. The van der Waals surface area contributed by atoms with Gasteiger partial charge < -0.3 is 9.80 Å². The summed E-state index contributed by atoms with van der Waals surface area (Å²) >= 11 is 0. The van der Waals surface area contributed by atoms with Crippen molar-refractivity contribution in [2.45, 2.75) is 33.1 Å². The van der Waals surface area contributed by atoms with Crippen molar-refractivity contribution in [3.63, 3.8) is 0 Å². The number of anilines is 1. The van der Waals surface area contributed by atoms with E-state index in [-0.39, 0.29) is 5.91 Å². The molecular formula is C23H30N2O. The number of amides is 1. The molecule has 0 radical (unpaired) electrons. The number of hydrogen-bond donors (Lipinski definition) is 0. The van der Waals surface area contributed by atoms with Crippen LogP contribution >= 0.6 is 0 Å². The smallest absolute Gasteiger partial charge is 0.223 e. The zero-order valence-electron chi connectivity index (χ0n) is 16.0. The van der Waals surface area contributed by atoms with Gasteiger partial charge in [-0.15, -0.1) is 0 Å². The summed E-state index contributed by atoms with van der Waals surface area (Å²) in [7, 11) is 0. The molecule has 3 heteroatoms. The Morgan fingerprint density at radius 1 is 1.04 bits per heavy atom. The largest absolute Gasteiger partial charge is 0.311 e. The summed E-state index contributed by atoms with van der Waals surface area (Å²) in [6.07, 6.45) is 3.69. The van der Waals surface area contributed by atoms with Gasteiger partial charge >= 0.3 is 0 Å². The Labute approximate surface area is 157 Å². The summed E-state index contributed by atoms with van der Waals surface area (Å²) in [5.74, 6) is 0.905. The number of piperidine rings is 1. The molecule has 0 saturated carbocycles. The molecule has 1 aliphatic heterocycles. The summed E-state index contributed by atoms with van der Waals surface area (Å²) in [4.78, 5) is 16.5. The van der Waals surface area contributed by atoms with E-state index in [1.165, 1.54) is 30.4 Å². The zero-order valence-corrected chi connectivity index (χ0v) is 16.0. The van der Waals surface area contributed by atoms with E-state index in [0.717, 1.165) is 37.8 Å². The van der Waals surface area contributed by atoms with E-state index in [0.29, 0.717) is 0 Å². The van der Waals surface area contributed by atoms with Gasteiger partial charge in [0.2, 0.25) is 5.91 Å². The van der Waals surface area contributed by atoms with E-state index in [2.05, 4.69) is 54.3 Å². The van der Waals surface area contributed by atoms with Crippen LogP contribution in [0.5, 0.6) is 0 Å². The standard InChI is InChI=1S/C23H30N2O/c1-19-8-10-23(11-9-19)25(20(2)26)17-16-24-14-12-22(13-15-24)18-21-6-4-3-5-7-21/h3-11,22H,12-18H2,1-2H3. The van der Waals surface area contributed by atoms with Crippen LogP contribution < -0.4 is 4.90 Å². The van der Waals surface area contributed by atoms with Crippen molar-refractivity contribution < 1.29 is 4.79 Å². The Kier molecular flexibility index (Phi) is 6.45. The highest BCUT2D eigenvalue weighted by Gasteiger charge is 2.20. The Morgan fingerprint density at radius 3 is 2.31 bits per heavy atom. The van der Waals surface area contributed by atoms with Gasteiger partial charge in [0.25, 0.3) is 0 Å². The molecule has 1 amide bonds. The third kappa shape index (κ3) is 5.18. The van der Waals surface area contributed by atoms with Gasteiger partial charge in [-0.2, -0.15) is 0 Å². The second kappa shape index (κ2) is 9.00. The van der Waals surface area contributed by atoms with E-state index in [1.807, 2.05) is 17.0 Å². The molecule has 3 rings (SSSR count). The van der Waals surface area contributed by atoms with Crippen LogP contribution in [0.3, 0.4) is 0 Å². The molecule has 1 saturated heterocycles. The fourth-order valence-corrected chi connectivity index (χ4v) is 3.80. The molecule has 2 aromatic rings. The fraction of sp³-hybridized carbons (Fsp3) is 0.435. The number of hydrogen-bond acceptors (Lipinski definition) is 2.